The van der Waals surface area contributed by atoms with Crippen molar-refractivity contribution in [3.8, 4) is 6.07 Å². The van der Waals surface area contributed by atoms with Crippen molar-refractivity contribution in [1.29, 1.82) is 5.26 Å². The van der Waals surface area contributed by atoms with Gasteiger partial charge < -0.3 is 5.32 Å². The molecular formula is C17H12N2OS. The molecule has 1 N–H and O–H groups in total. The van der Waals surface area contributed by atoms with Gasteiger partial charge >= 0.3 is 0 Å². The molecule has 1 atom stereocenters. The summed E-state index contributed by atoms with van der Waals surface area (Å²) in [5, 5.41) is 14.8. The van der Waals surface area contributed by atoms with Crippen LogP contribution in [0.1, 0.15) is 22.0 Å². The van der Waals surface area contributed by atoms with Gasteiger partial charge in [0.2, 0.25) is 0 Å². The highest BCUT2D eigenvalue weighted by atomic mass is 32.1. The minimum Gasteiger partial charge on any atom is -0.332 e. The van der Waals surface area contributed by atoms with Gasteiger partial charge in [-0.25, -0.2) is 0 Å². The summed E-state index contributed by atoms with van der Waals surface area (Å²) in [6, 6.07) is 18.5. The maximum absolute atomic E-state index is 12.4. The van der Waals surface area contributed by atoms with Crippen LogP contribution in [0.4, 0.5) is 0 Å². The second kappa shape index (κ2) is 5.78. The SMILES string of the molecule is N#CC(NC(=O)c1csc2ccccc12)c1ccccc1. The summed E-state index contributed by atoms with van der Waals surface area (Å²) in [5.74, 6) is -0.220. The summed E-state index contributed by atoms with van der Waals surface area (Å²) < 4.78 is 1.07. The van der Waals surface area contributed by atoms with Crippen molar-refractivity contribution in [3.05, 3.63) is 71.1 Å². The lowest BCUT2D eigenvalue weighted by Crippen LogP contribution is -2.27. The van der Waals surface area contributed by atoms with Crippen molar-refractivity contribution in [1.82, 2.24) is 5.32 Å². The van der Waals surface area contributed by atoms with Gasteiger partial charge in [0, 0.05) is 15.5 Å². The molecule has 3 rings (SSSR count). The van der Waals surface area contributed by atoms with Crippen LogP contribution in [0.3, 0.4) is 0 Å². The van der Waals surface area contributed by atoms with Crippen LogP contribution in [0.15, 0.2) is 60.0 Å². The van der Waals surface area contributed by atoms with E-state index < -0.39 is 6.04 Å². The number of benzene rings is 2. The predicted octanol–water partition coefficient (Wildman–Crippen LogP) is 3.90. The Morgan fingerprint density at radius 3 is 2.57 bits per heavy atom. The molecule has 3 nitrogen and oxygen atoms in total. The zero-order valence-corrected chi connectivity index (χ0v) is 11.9. The minimum absolute atomic E-state index is 0.220. The second-order valence-electron chi connectivity index (χ2n) is 4.59. The summed E-state index contributed by atoms with van der Waals surface area (Å²) in [6.07, 6.45) is 0. The topological polar surface area (TPSA) is 52.9 Å². The lowest BCUT2D eigenvalue weighted by Gasteiger charge is -2.11. The molecule has 2 aromatic carbocycles. The molecule has 0 radical (unpaired) electrons. The van der Waals surface area contributed by atoms with Gasteiger partial charge in [0.25, 0.3) is 5.91 Å². The first-order chi connectivity index (χ1) is 10.3. The molecule has 4 heteroatoms. The quantitative estimate of drug-likeness (QED) is 0.796. The first-order valence-electron chi connectivity index (χ1n) is 6.51. The van der Waals surface area contributed by atoms with E-state index in [1.165, 1.54) is 11.3 Å². The minimum atomic E-state index is -0.641. The number of carbonyl (C=O) groups is 1. The second-order valence-corrected chi connectivity index (χ2v) is 5.50. The smallest absolute Gasteiger partial charge is 0.254 e. The van der Waals surface area contributed by atoms with E-state index in [0.717, 1.165) is 15.6 Å². The fourth-order valence-corrected chi connectivity index (χ4v) is 3.14. The van der Waals surface area contributed by atoms with E-state index in [0.29, 0.717) is 5.56 Å². The van der Waals surface area contributed by atoms with Crippen LogP contribution in [0.5, 0.6) is 0 Å². The van der Waals surface area contributed by atoms with Crippen molar-refractivity contribution in [2.75, 3.05) is 0 Å². The van der Waals surface area contributed by atoms with Gasteiger partial charge in [0.05, 0.1) is 11.6 Å². The van der Waals surface area contributed by atoms with Crippen molar-refractivity contribution in [3.63, 3.8) is 0 Å². The number of fused-ring (bicyclic) bond motifs is 1. The summed E-state index contributed by atoms with van der Waals surface area (Å²) in [6.45, 7) is 0. The molecular weight excluding hydrogens is 280 g/mol. The third kappa shape index (κ3) is 2.64. The van der Waals surface area contributed by atoms with Crippen LogP contribution >= 0.6 is 11.3 Å². The number of nitrogens with one attached hydrogen (secondary N) is 1. The van der Waals surface area contributed by atoms with Crippen LogP contribution in [0.25, 0.3) is 10.1 Å². The molecule has 1 amide bonds. The largest absolute Gasteiger partial charge is 0.332 e. The van der Waals surface area contributed by atoms with E-state index in [2.05, 4.69) is 11.4 Å². The summed E-state index contributed by atoms with van der Waals surface area (Å²) in [7, 11) is 0. The molecule has 1 heterocycles. The van der Waals surface area contributed by atoms with Crippen LogP contribution < -0.4 is 5.32 Å². The average molecular weight is 292 g/mol. The lowest BCUT2D eigenvalue weighted by molar-refractivity contribution is 0.0947. The van der Waals surface area contributed by atoms with Gasteiger partial charge in [-0.2, -0.15) is 5.26 Å². The Labute approximate surface area is 126 Å². The van der Waals surface area contributed by atoms with Gasteiger partial charge in [-0.05, 0) is 11.6 Å². The molecule has 0 saturated heterocycles. The van der Waals surface area contributed by atoms with E-state index >= 15 is 0 Å². The monoisotopic (exact) mass is 292 g/mol. The number of thiophene rings is 1. The van der Waals surface area contributed by atoms with Gasteiger partial charge in [0.15, 0.2) is 0 Å². The molecule has 0 aliphatic carbocycles. The van der Waals surface area contributed by atoms with Crippen LogP contribution in [0, 0.1) is 11.3 Å². The number of nitriles is 1. The Morgan fingerprint density at radius 2 is 1.81 bits per heavy atom. The number of hydrogen-bond acceptors (Lipinski definition) is 3. The molecule has 1 aromatic heterocycles. The van der Waals surface area contributed by atoms with E-state index in [4.69, 9.17) is 0 Å². The maximum Gasteiger partial charge on any atom is 0.254 e. The van der Waals surface area contributed by atoms with Gasteiger partial charge in [-0.3, -0.25) is 4.79 Å². The van der Waals surface area contributed by atoms with Crippen molar-refractivity contribution in [2.24, 2.45) is 0 Å². The standard InChI is InChI=1S/C17H12N2OS/c18-10-15(12-6-2-1-3-7-12)19-17(20)14-11-21-16-9-5-4-8-13(14)16/h1-9,11,15H,(H,19,20). The van der Waals surface area contributed by atoms with E-state index in [1.54, 1.807) is 0 Å². The number of rotatable bonds is 3. The molecule has 21 heavy (non-hydrogen) atoms. The molecule has 0 aliphatic heterocycles. The van der Waals surface area contributed by atoms with E-state index in [1.807, 2.05) is 60.0 Å². The Balaban J connectivity index is 1.88. The molecule has 1 unspecified atom stereocenters. The van der Waals surface area contributed by atoms with E-state index in [-0.39, 0.29) is 5.91 Å². The summed E-state index contributed by atoms with van der Waals surface area (Å²) >= 11 is 1.53. The van der Waals surface area contributed by atoms with Gasteiger partial charge in [0.1, 0.15) is 6.04 Å². The predicted molar refractivity (Wildman–Crippen MR) is 84.1 cm³/mol. The molecule has 3 aromatic rings. The first kappa shape index (κ1) is 13.3. The van der Waals surface area contributed by atoms with Crippen LogP contribution in [-0.4, -0.2) is 5.91 Å². The summed E-state index contributed by atoms with van der Waals surface area (Å²) in [5.41, 5.74) is 1.40. The Morgan fingerprint density at radius 1 is 1.10 bits per heavy atom. The zero-order chi connectivity index (χ0) is 14.7. The van der Waals surface area contributed by atoms with Crippen molar-refractivity contribution in [2.45, 2.75) is 6.04 Å². The van der Waals surface area contributed by atoms with E-state index in [9.17, 15) is 10.1 Å². The molecule has 0 bridgehead atoms. The van der Waals surface area contributed by atoms with Gasteiger partial charge in [-0.15, -0.1) is 11.3 Å². The number of nitrogens with zero attached hydrogens (tertiary/aromatic N) is 1. The highest BCUT2D eigenvalue weighted by molar-refractivity contribution is 7.17. The maximum atomic E-state index is 12.4. The highest BCUT2D eigenvalue weighted by Crippen LogP contribution is 2.26. The van der Waals surface area contributed by atoms with Crippen molar-refractivity contribution >= 4 is 27.3 Å². The normalized spacial score (nSPS) is 11.8. The highest BCUT2D eigenvalue weighted by Gasteiger charge is 2.17. The first-order valence-corrected chi connectivity index (χ1v) is 7.39. The van der Waals surface area contributed by atoms with Crippen LogP contribution in [-0.2, 0) is 0 Å². The lowest BCUT2D eigenvalue weighted by atomic mass is 10.1. The number of carbonyl (C=O) groups excluding carboxylic acids is 1. The Hall–Kier alpha value is -2.64. The third-order valence-electron chi connectivity index (χ3n) is 3.26. The third-order valence-corrected chi connectivity index (χ3v) is 4.23. The summed E-state index contributed by atoms with van der Waals surface area (Å²) in [4.78, 5) is 12.4. The Bertz CT molecular complexity index is 817. The molecule has 0 aliphatic rings. The average Bonchev–Trinajstić information content (AvgIpc) is 2.97. The molecule has 102 valence electrons. The Kier molecular flexibility index (Phi) is 3.67. The molecule has 0 fully saturated rings. The zero-order valence-electron chi connectivity index (χ0n) is 11.1. The number of amides is 1. The van der Waals surface area contributed by atoms with Crippen molar-refractivity contribution < 1.29 is 4.79 Å². The van der Waals surface area contributed by atoms with Crippen LogP contribution in [0.2, 0.25) is 0 Å². The fraction of sp³-hybridized carbons (Fsp3) is 0.0588. The van der Waals surface area contributed by atoms with Gasteiger partial charge in [-0.1, -0.05) is 48.5 Å². The molecule has 0 spiro atoms. The number of hydrogen-bond donors (Lipinski definition) is 1. The molecule has 0 saturated carbocycles. The fourth-order valence-electron chi connectivity index (χ4n) is 2.20.